The van der Waals surface area contributed by atoms with E-state index in [4.69, 9.17) is 10.8 Å². The van der Waals surface area contributed by atoms with Crippen LogP contribution < -0.4 is 11.1 Å². The Bertz CT molecular complexity index is 331. The number of amides is 2. The summed E-state index contributed by atoms with van der Waals surface area (Å²) in [6, 6.07) is -0.400. The number of nitrogens with zero attached hydrogens (tertiary/aromatic N) is 1. The zero-order valence-corrected chi connectivity index (χ0v) is 12.0. The minimum absolute atomic E-state index is 0.0669. The van der Waals surface area contributed by atoms with Crippen molar-refractivity contribution in [2.24, 2.45) is 11.1 Å². The number of carboxylic acids is 1. The molecule has 2 amide bonds. The third kappa shape index (κ3) is 5.06. The summed E-state index contributed by atoms with van der Waals surface area (Å²) in [4.78, 5) is 24.7. The van der Waals surface area contributed by atoms with Crippen molar-refractivity contribution in [1.29, 1.82) is 0 Å². The lowest BCUT2D eigenvalue weighted by atomic mass is 9.85. The third-order valence-electron chi connectivity index (χ3n) is 3.55. The molecule has 110 valence electrons. The van der Waals surface area contributed by atoms with Crippen LogP contribution in [0.25, 0.3) is 0 Å². The van der Waals surface area contributed by atoms with Gasteiger partial charge in [0.15, 0.2) is 0 Å². The molecule has 1 aliphatic rings. The fourth-order valence-corrected chi connectivity index (χ4v) is 2.09. The Morgan fingerprint density at radius 1 is 1.37 bits per heavy atom. The highest BCUT2D eigenvalue weighted by Gasteiger charge is 2.30. The molecule has 0 aromatic heterocycles. The van der Waals surface area contributed by atoms with E-state index in [1.54, 1.807) is 4.90 Å². The van der Waals surface area contributed by atoms with Gasteiger partial charge in [-0.3, -0.25) is 4.79 Å². The number of rotatable bonds is 3. The fraction of sp³-hybridized carbons (Fsp3) is 0.846. The van der Waals surface area contributed by atoms with Crippen molar-refractivity contribution in [1.82, 2.24) is 10.2 Å². The van der Waals surface area contributed by atoms with E-state index in [1.165, 1.54) is 0 Å². The second kappa shape index (κ2) is 6.23. The second-order valence-corrected chi connectivity index (χ2v) is 6.29. The normalized spacial score (nSPS) is 19.1. The Morgan fingerprint density at radius 2 is 1.89 bits per heavy atom. The van der Waals surface area contributed by atoms with Gasteiger partial charge in [-0.1, -0.05) is 20.8 Å². The Hall–Kier alpha value is -1.30. The summed E-state index contributed by atoms with van der Waals surface area (Å²) in [6.07, 6.45) is 1.53. The van der Waals surface area contributed by atoms with Crippen molar-refractivity contribution < 1.29 is 14.7 Å². The van der Waals surface area contributed by atoms with Gasteiger partial charge in [0.05, 0.1) is 6.42 Å². The Balaban J connectivity index is 2.58. The number of carbonyl (C=O) groups is 2. The number of hydrogen-bond donors (Lipinski definition) is 3. The monoisotopic (exact) mass is 271 g/mol. The molecule has 1 saturated heterocycles. The summed E-state index contributed by atoms with van der Waals surface area (Å²) < 4.78 is 0. The van der Waals surface area contributed by atoms with Gasteiger partial charge in [0.1, 0.15) is 0 Å². The summed E-state index contributed by atoms with van der Waals surface area (Å²) in [5, 5.41) is 11.8. The SMILES string of the molecule is CC(C)(C)C(CC(=O)O)NC(=O)N1CCC(N)CC1. The maximum Gasteiger partial charge on any atom is 0.317 e. The predicted molar refractivity (Wildman–Crippen MR) is 72.8 cm³/mol. The van der Waals surface area contributed by atoms with Gasteiger partial charge in [0.2, 0.25) is 0 Å². The van der Waals surface area contributed by atoms with E-state index < -0.39 is 5.97 Å². The summed E-state index contributed by atoms with van der Waals surface area (Å²) >= 11 is 0. The zero-order valence-electron chi connectivity index (χ0n) is 12.0. The molecular formula is C13H25N3O3. The van der Waals surface area contributed by atoms with E-state index in [1.807, 2.05) is 20.8 Å². The zero-order chi connectivity index (χ0) is 14.6. The molecule has 0 bridgehead atoms. The molecule has 0 aromatic rings. The van der Waals surface area contributed by atoms with E-state index in [2.05, 4.69) is 5.32 Å². The lowest BCUT2D eigenvalue weighted by Gasteiger charge is -2.35. The summed E-state index contributed by atoms with van der Waals surface area (Å²) in [5.74, 6) is -0.902. The minimum atomic E-state index is -0.902. The number of nitrogens with one attached hydrogen (secondary N) is 1. The largest absolute Gasteiger partial charge is 0.481 e. The molecule has 19 heavy (non-hydrogen) atoms. The first-order chi connectivity index (χ1) is 8.70. The van der Waals surface area contributed by atoms with Crippen molar-refractivity contribution in [2.45, 2.75) is 52.1 Å². The standard InChI is InChI=1S/C13H25N3O3/c1-13(2,3)10(8-11(17)18)15-12(19)16-6-4-9(14)5-7-16/h9-10H,4-8,14H2,1-3H3,(H,15,19)(H,17,18). The maximum absolute atomic E-state index is 12.1. The molecule has 0 aromatic carbocycles. The smallest absolute Gasteiger partial charge is 0.317 e. The molecule has 6 nitrogen and oxygen atoms in total. The van der Waals surface area contributed by atoms with Crippen LogP contribution in [0.4, 0.5) is 4.79 Å². The van der Waals surface area contributed by atoms with E-state index in [0.29, 0.717) is 13.1 Å². The van der Waals surface area contributed by atoms with Crippen LogP contribution in [0.2, 0.25) is 0 Å². The fourth-order valence-electron chi connectivity index (χ4n) is 2.09. The molecule has 0 radical (unpaired) electrons. The number of nitrogens with two attached hydrogens (primary N) is 1. The quantitative estimate of drug-likeness (QED) is 0.713. The first-order valence-corrected chi connectivity index (χ1v) is 6.73. The van der Waals surface area contributed by atoms with Crippen LogP contribution in [-0.4, -0.2) is 47.2 Å². The van der Waals surface area contributed by atoms with Gasteiger partial charge in [-0.05, 0) is 18.3 Å². The first kappa shape index (κ1) is 15.8. The molecule has 1 atom stereocenters. The van der Waals surface area contributed by atoms with Crippen LogP contribution in [0.3, 0.4) is 0 Å². The van der Waals surface area contributed by atoms with E-state index in [-0.39, 0.29) is 30.0 Å². The van der Waals surface area contributed by atoms with E-state index in [0.717, 1.165) is 12.8 Å². The Morgan fingerprint density at radius 3 is 2.32 bits per heavy atom. The lowest BCUT2D eigenvalue weighted by molar-refractivity contribution is -0.138. The van der Waals surface area contributed by atoms with Gasteiger partial charge in [0.25, 0.3) is 0 Å². The molecule has 1 fully saturated rings. The highest BCUT2D eigenvalue weighted by atomic mass is 16.4. The molecule has 1 unspecified atom stereocenters. The van der Waals surface area contributed by atoms with Gasteiger partial charge in [0, 0.05) is 25.2 Å². The van der Waals surface area contributed by atoms with Crippen molar-refractivity contribution >= 4 is 12.0 Å². The number of piperidine rings is 1. The van der Waals surface area contributed by atoms with Gasteiger partial charge < -0.3 is 21.1 Å². The molecule has 1 heterocycles. The molecule has 4 N–H and O–H groups in total. The van der Waals surface area contributed by atoms with Crippen LogP contribution in [0.15, 0.2) is 0 Å². The Labute approximate surface area is 114 Å². The molecule has 1 aliphatic heterocycles. The van der Waals surface area contributed by atoms with Crippen LogP contribution >= 0.6 is 0 Å². The number of urea groups is 1. The highest BCUT2D eigenvalue weighted by Crippen LogP contribution is 2.22. The number of hydrogen-bond acceptors (Lipinski definition) is 3. The molecule has 0 aliphatic carbocycles. The van der Waals surface area contributed by atoms with E-state index in [9.17, 15) is 9.59 Å². The molecule has 6 heteroatoms. The van der Waals surface area contributed by atoms with Gasteiger partial charge >= 0.3 is 12.0 Å². The van der Waals surface area contributed by atoms with Gasteiger partial charge in [-0.2, -0.15) is 0 Å². The average molecular weight is 271 g/mol. The first-order valence-electron chi connectivity index (χ1n) is 6.73. The van der Waals surface area contributed by atoms with Crippen LogP contribution in [0.5, 0.6) is 0 Å². The van der Waals surface area contributed by atoms with Gasteiger partial charge in [-0.25, -0.2) is 4.79 Å². The maximum atomic E-state index is 12.1. The summed E-state index contributed by atoms with van der Waals surface area (Å²) in [5.41, 5.74) is 5.51. The van der Waals surface area contributed by atoms with Crippen LogP contribution in [0.1, 0.15) is 40.0 Å². The summed E-state index contributed by atoms with van der Waals surface area (Å²) in [7, 11) is 0. The molecule has 0 spiro atoms. The summed E-state index contributed by atoms with van der Waals surface area (Å²) in [6.45, 7) is 7.04. The highest BCUT2D eigenvalue weighted by molar-refractivity contribution is 5.76. The third-order valence-corrected chi connectivity index (χ3v) is 3.55. The topological polar surface area (TPSA) is 95.7 Å². The van der Waals surface area contributed by atoms with Crippen molar-refractivity contribution in [2.75, 3.05) is 13.1 Å². The van der Waals surface area contributed by atoms with Crippen molar-refractivity contribution in [3.05, 3.63) is 0 Å². The number of aliphatic carboxylic acids is 1. The number of carbonyl (C=O) groups excluding carboxylic acids is 1. The van der Waals surface area contributed by atoms with Crippen molar-refractivity contribution in [3.63, 3.8) is 0 Å². The van der Waals surface area contributed by atoms with Crippen LogP contribution in [-0.2, 0) is 4.79 Å². The predicted octanol–water partition coefficient (Wildman–Crippen LogP) is 1.01. The second-order valence-electron chi connectivity index (χ2n) is 6.29. The van der Waals surface area contributed by atoms with Crippen molar-refractivity contribution in [3.8, 4) is 0 Å². The van der Waals surface area contributed by atoms with Gasteiger partial charge in [-0.15, -0.1) is 0 Å². The number of carboxylic acid groups (broad SMARTS) is 1. The molecular weight excluding hydrogens is 246 g/mol. The minimum Gasteiger partial charge on any atom is -0.481 e. The molecule has 0 saturated carbocycles. The molecule has 1 rings (SSSR count). The van der Waals surface area contributed by atoms with E-state index >= 15 is 0 Å². The lowest BCUT2D eigenvalue weighted by Crippen LogP contribution is -2.53. The number of likely N-dealkylation sites (tertiary alicyclic amines) is 1. The van der Waals surface area contributed by atoms with Crippen LogP contribution in [0, 0.1) is 5.41 Å². The average Bonchev–Trinajstić information content (AvgIpc) is 2.27. The Kier molecular flexibility index (Phi) is 5.17.